The topological polar surface area (TPSA) is 58.4 Å². The van der Waals surface area contributed by atoms with Gasteiger partial charge in [-0.05, 0) is 31.0 Å². The second-order valence-electron chi connectivity index (χ2n) is 4.89. The zero-order valence-corrected chi connectivity index (χ0v) is 12.0. The molecule has 0 spiro atoms. The summed E-state index contributed by atoms with van der Waals surface area (Å²) in [5.41, 5.74) is 6.36. The number of carbonyl (C=O) groups excluding carboxylic acids is 1. The lowest BCUT2D eigenvalue weighted by Gasteiger charge is -2.21. The number of urea groups is 1. The van der Waals surface area contributed by atoms with Crippen LogP contribution < -0.4 is 11.1 Å². The van der Waals surface area contributed by atoms with Crippen molar-refractivity contribution < 1.29 is 9.18 Å². The Morgan fingerprint density at radius 2 is 1.90 bits per heavy atom. The van der Waals surface area contributed by atoms with Gasteiger partial charge >= 0.3 is 6.03 Å². The number of nitrogens with one attached hydrogen (secondary N) is 1. The Labute approximate surface area is 123 Å². The van der Waals surface area contributed by atoms with E-state index in [1.807, 2.05) is 0 Å². The third-order valence-electron chi connectivity index (χ3n) is 3.38. The monoisotopic (exact) mass is 295 g/mol. The first kappa shape index (κ1) is 14.7. The standard InChI is InChI=1S/C14H18FN3OS/c15-10-5-6-12(11(9-10)13(16)20)17-14(19)18-7-3-1-2-4-8-18/h5-6,9H,1-4,7-8H2,(H2,16,20)(H,17,19). The van der Waals surface area contributed by atoms with Gasteiger partial charge in [0.1, 0.15) is 10.8 Å². The van der Waals surface area contributed by atoms with Crippen LogP contribution in [-0.2, 0) is 0 Å². The second kappa shape index (κ2) is 6.65. The first-order chi connectivity index (χ1) is 9.58. The number of carbonyl (C=O) groups is 1. The summed E-state index contributed by atoms with van der Waals surface area (Å²) in [6.45, 7) is 1.49. The van der Waals surface area contributed by atoms with E-state index in [2.05, 4.69) is 5.32 Å². The van der Waals surface area contributed by atoms with Crippen LogP contribution >= 0.6 is 12.2 Å². The molecule has 0 aromatic heterocycles. The van der Waals surface area contributed by atoms with Gasteiger partial charge in [0.15, 0.2) is 0 Å². The van der Waals surface area contributed by atoms with Gasteiger partial charge in [-0.15, -0.1) is 0 Å². The molecular formula is C14H18FN3OS. The molecule has 4 nitrogen and oxygen atoms in total. The molecule has 3 N–H and O–H groups in total. The molecule has 0 unspecified atom stereocenters. The first-order valence-electron chi connectivity index (χ1n) is 6.73. The van der Waals surface area contributed by atoms with Crippen molar-refractivity contribution in [2.75, 3.05) is 18.4 Å². The molecule has 0 saturated carbocycles. The number of amides is 2. The predicted octanol–water partition coefficient (Wildman–Crippen LogP) is 2.87. The molecule has 0 radical (unpaired) electrons. The van der Waals surface area contributed by atoms with Crippen LogP contribution in [0.1, 0.15) is 31.2 Å². The van der Waals surface area contributed by atoms with E-state index in [9.17, 15) is 9.18 Å². The van der Waals surface area contributed by atoms with Gasteiger partial charge in [-0.2, -0.15) is 0 Å². The average Bonchev–Trinajstić information content (AvgIpc) is 2.69. The highest BCUT2D eigenvalue weighted by Crippen LogP contribution is 2.18. The zero-order chi connectivity index (χ0) is 14.5. The molecule has 0 atom stereocenters. The van der Waals surface area contributed by atoms with E-state index in [-0.39, 0.29) is 11.0 Å². The average molecular weight is 295 g/mol. The van der Waals surface area contributed by atoms with Crippen molar-refractivity contribution in [1.82, 2.24) is 4.90 Å². The predicted molar refractivity (Wildman–Crippen MR) is 81.3 cm³/mol. The van der Waals surface area contributed by atoms with Crippen molar-refractivity contribution in [3.8, 4) is 0 Å². The number of nitrogens with two attached hydrogens (primary N) is 1. The van der Waals surface area contributed by atoms with Crippen molar-refractivity contribution in [1.29, 1.82) is 0 Å². The first-order valence-corrected chi connectivity index (χ1v) is 7.14. The third-order valence-corrected chi connectivity index (χ3v) is 3.60. The maximum Gasteiger partial charge on any atom is 0.321 e. The Hall–Kier alpha value is -1.69. The molecule has 1 heterocycles. The fraction of sp³-hybridized carbons (Fsp3) is 0.429. The van der Waals surface area contributed by atoms with E-state index < -0.39 is 5.82 Å². The molecular weight excluding hydrogens is 277 g/mol. The van der Waals surface area contributed by atoms with Crippen molar-refractivity contribution in [2.24, 2.45) is 5.73 Å². The number of likely N-dealkylation sites (tertiary alicyclic amines) is 1. The van der Waals surface area contributed by atoms with Crippen molar-refractivity contribution in [3.63, 3.8) is 0 Å². The summed E-state index contributed by atoms with van der Waals surface area (Å²) in [5, 5.41) is 2.77. The lowest BCUT2D eigenvalue weighted by atomic mass is 10.1. The van der Waals surface area contributed by atoms with Gasteiger partial charge in [-0.25, -0.2) is 9.18 Å². The molecule has 2 rings (SSSR count). The van der Waals surface area contributed by atoms with E-state index in [1.165, 1.54) is 18.2 Å². The summed E-state index contributed by atoms with van der Waals surface area (Å²) in [7, 11) is 0. The molecule has 1 aliphatic heterocycles. The summed E-state index contributed by atoms with van der Waals surface area (Å²) in [6.07, 6.45) is 4.33. The van der Waals surface area contributed by atoms with Gasteiger partial charge in [-0.1, -0.05) is 25.1 Å². The van der Waals surface area contributed by atoms with Crippen LogP contribution in [0.2, 0.25) is 0 Å². The quantitative estimate of drug-likeness (QED) is 0.825. The normalized spacial score (nSPS) is 15.6. The number of hydrogen-bond acceptors (Lipinski definition) is 2. The number of thiocarbonyl (C=S) groups is 1. The van der Waals surface area contributed by atoms with Crippen LogP contribution in [0.25, 0.3) is 0 Å². The summed E-state index contributed by atoms with van der Waals surface area (Å²) >= 11 is 4.89. The number of anilines is 1. The van der Waals surface area contributed by atoms with E-state index in [0.717, 1.165) is 38.8 Å². The van der Waals surface area contributed by atoms with Gasteiger partial charge in [-0.3, -0.25) is 0 Å². The zero-order valence-electron chi connectivity index (χ0n) is 11.2. The largest absolute Gasteiger partial charge is 0.389 e. The van der Waals surface area contributed by atoms with E-state index in [0.29, 0.717) is 11.3 Å². The minimum atomic E-state index is -0.430. The number of hydrogen-bond donors (Lipinski definition) is 2. The Balaban J connectivity index is 2.12. The summed E-state index contributed by atoms with van der Waals surface area (Å²) in [5.74, 6) is -0.430. The van der Waals surface area contributed by atoms with Crippen molar-refractivity contribution >= 4 is 28.9 Å². The molecule has 6 heteroatoms. The highest BCUT2D eigenvalue weighted by Gasteiger charge is 2.17. The van der Waals surface area contributed by atoms with Gasteiger partial charge < -0.3 is 16.0 Å². The molecule has 0 aliphatic carbocycles. The van der Waals surface area contributed by atoms with Crippen LogP contribution in [0.5, 0.6) is 0 Å². The van der Waals surface area contributed by atoms with E-state index >= 15 is 0 Å². The summed E-state index contributed by atoms with van der Waals surface area (Å²) in [4.78, 5) is 14.1. The van der Waals surface area contributed by atoms with Crippen LogP contribution in [-0.4, -0.2) is 29.0 Å². The molecule has 1 saturated heterocycles. The molecule has 1 aromatic carbocycles. The highest BCUT2D eigenvalue weighted by molar-refractivity contribution is 7.80. The third kappa shape index (κ3) is 3.66. The molecule has 1 aliphatic rings. The number of nitrogens with zero attached hydrogens (tertiary/aromatic N) is 1. The number of benzene rings is 1. The van der Waals surface area contributed by atoms with E-state index in [1.54, 1.807) is 4.90 Å². The number of rotatable bonds is 2. The van der Waals surface area contributed by atoms with Crippen molar-refractivity contribution in [3.05, 3.63) is 29.6 Å². The van der Waals surface area contributed by atoms with Crippen LogP contribution in [0, 0.1) is 5.82 Å². The summed E-state index contributed by atoms with van der Waals surface area (Å²) < 4.78 is 13.2. The minimum absolute atomic E-state index is 0.0654. The second-order valence-corrected chi connectivity index (χ2v) is 5.33. The van der Waals surface area contributed by atoms with Gasteiger partial charge in [0, 0.05) is 18.7 Å². The Morgan fingerprint density at radius 1 is 1.25 bits per heavy atom. The molecule has 1 fully saturated rings. The van der Waals surface area contributed by atoms with Gasteiger partial charge in [0.05, 0.1) is 5.69 Å². The van der Waals surface area contributed by atoms with Crippen LogP contribution in [0.4, 0.5) is 14.9 Å². The SMILES string of the molecule is NC(=S)c1cc(F)ccc1NC(=O)N1CCCCCC1. The fourth-order valence-corrected chi connectivity index (χ4v) is 2.47. The van der Waals surface area contributed by atoms with Gasteiger partial charge in [0.2, 0.25) is 0 Å². The van der Waals surface area contributed by atoms with Crippen LogP contribution in [0.3, 0.4) is 0 Å². The van der Waals surface area contributed by atoms with E-state index in [4.69, 9.17) is 18.0 Å². The highest BCUT2D eigenvalue weighted by atomic mass is 32.1. The maximum atomic E-state index is 13.2. The van der Waals surface area contributed by atoms with Crippen LogP contribution in [0.15, 0.2) is 18.2 Å². The lowest BCUT2D eigenvalue weighted by molar-refractivity contribution is 0.214. The Bertz CT molecular complexity index is 513. The minimum Gasteiger partial charge on any atom is -0.389 e. The van der Waals surface area contributed by atoms with Crippen molar-refractivity contribution in [2.45, 2.75) is 25.7 Å². The Morgan fingerprint density at radius 3 is 2.50 bits per heavy atom. The molecule has 20 heavy (non-hydrogen) atoms. The smallest absolute Gasteiger partial charge is 0.321 e. The summed E-state index contributed by atoms with van der Waals surface area (Å²) in [6, 6.07) is 3.82. The number of halogens is 1. The molecule has 0 bridgehead atoms. The maximum absolute atomic E-state index is 13.2. The fourth-order valence-electron chi connectivity index (χ4n) is 2.30. The van der Waals surface area contributed by atoms with Gasteiger partial charge in [0.25, 0.3) is 0 Å². The Kier molecular flexibility index (Phi) is 4.89. The molecule has 1 aromatic rings. The molecule has 108 valence electrons. The lowest BCUT2D eigenvalue weighted by Crippen LogP contribution is -2.36. The molecule has 2 amide bonds.